The third kappa shape index (κ3) is 4.88. The molecule has 1 aliphatic heterocycles. The lowest BCUT2D eigenvalue weighted by Gasteiger charge is -2.26. The molecule has 0 aliphatic carbocycles. The van der Waals surface area contributed by atoms with E-state index < -0.39 is 0 Å². The van der Waals surface area contributed by atoms with Gasteiger partial charge in [-0.15, -0.1) is 17.0 Å². The first kappa shape index (κ1) is 16.0. The van der Waals surface area contributed by atoms with Crippen LogP contribution in [-0.2, 0) is 4.74 Å². The van der Waals surface area contributed by atoms with E-state index in [9.17, 15) is 0 Å². The standard InChI is InChI=1S/C13H18BrNO2.BrH/c1-11-10-12(14)2-3-13(11)17-9-6-15-4-7-16-8-5-15;/h2-3,10H,4-9H2,1H3;1H. The van der Waals surface area contributed by atoms with Gasteiger partial charge < -0.3 is 9.47 Å². The van der Waals surface area contributed by atoms with Crippen molar-refractivity contribution in [2.24, 2.45) is 0 Å². The molecule has 102 valence electrons. The highest BCUT2D eigenvalue weighted by atomic mass is 79.9. The molecular formula is C13H19Br2NO2. The minimum Gasteiger partial charge on any atom is -0.492 e. The Morgan fingerprint density at radius 1 is 1.33 bits per heavy atom. The van der Waals surface area contributed by atoms with Crippen molar-refractivity contribution in [3.05, 3.63) is 28.2 Å². The number of ether oxygens (including phenoxy) is 2. The summed E-state index contributed by atoms with van der Waals surface area (Å²) in [7, 11) is 0. The Hall–Kier alpha value is -0.100. The van der Waals surface area contributed by atoms with Crippen LogP contribution in [-0.4, -0.2) is 44.4 Å². The molecule has 0 unspecified atom stereocenters. The second-order valence-electron chi connectivity index (χ2n) is 4.21. The quantitative estimate of drug-likeness (QED) is 0.801. The van der Waals surface area contributed by atoms with E-state index >= 15 is 0 Å². The second kappa shape index (κ2) is 8.15. The molecule has 1 saturated heterocycles. The zero-order chi connectivity index (χ0) is 12.1. The SMILES string of the molecule is Br.Cc1cc(Br)ccc1OCCN1CCOCC1. The van der Waals surface area contributed by atoms with Crippen LogP contribution in [0.3, 0.4) is 0 Å². The minimum atomic E-state index is 0. The largest absolute Gasteiger partial charge is 0.492 e. The monoisotopic (exact) mass is 379 g/mol. The van der Waals surface area contributed by atoms with Crippen molar-refractivity contribution in [1.82, 2.24) is 4.90 Å². The van der Waals surface area contributed by atoms with Crippen molar-refractivity contribution >= 4 is 32.9 Å². The molecule has 0 aromatic heterocycles. The van der Waals surface area contributed by atoms with Crippen LogP contribution in [0.4, 0.5) is 0 Å². The summed E-state index contributed by atoms with van der Waals surface area (Å²) in [6, 6.07) is 6.10. The highest BCUT2D eigenvalue weighted by Crippen LogP contribution is 2.22. The van der Waals surface area contributed by atoms with Gasteiger partial charge >= 0.3 is 0 Å². The van der Waals surface area contributed by atoms with Gasteiger partial charge in [-0.3, -0.25) is 4.90 Å². The number of halogens is 2. The molecule has 1 heterocycles. The van der Waals surface area contributed by atoms with Crippen LogP contribution in [0, 0.1) is 6.92 Å². The van der Waals surface area contributed by atoms with E-state index in [1.165, 1.54) is 5.56 Å². The minimum absolute atomic E-state index is 0. The van der Waals surface area contributed by atoms with Crippen LogP contribution < -0.4 is 4.74 Å². The lowest BCUT2D eigenvalue weighted by atomic mass is 10.2. The van der Waals surface area contributed by atoms with Gasteiger partial charge in [0.15, 0.2) is 0 Å². The van der Waals surface area contributed by atoms with Crippen molar-refractivity contribution in [3.8, 4) is 5.75 Å². The maximum atomic E-state index is 5.79. The summed E-state index contributed by atoms with van der Waals surface area (Å²) in [4.78, 5) is 2.37. The number of rotatable bonds is 4. The first-order chi connectivity index (χ1) is 8.25. The molecule has 5 heteroatoms. The number of hydrogen-bond donors (Lipinski definition) is 0. The van der Waals surface area contributed by atoms with Gasteiger partial charge in [-0.25, -0.2) is 0 Å². The molecule has 1 aliphatic rings. The number of morpholine rings is 1. The van der Waals surface area contributed by atoms with Crippen molar-refractivity contribution in [3.63, 3.8) is 0 Å². The Morgan fingerprint density at radius 3 is 2.72 bits per heavy atom. The Labute approximate surface area is 127 Å². The fourth-order valence-corrected chi connectivity index (χ4v) is 2.36. The molecule has 0 bridgehead atoms. The molecule has 0 saturated carbocycles. The van der Waals surface area contributed by atoms with E-state index in [2.05, 4.69) is 33.8 Å². The third-order valence-electron chi connectivity index (χ3n) is 2.91. The van der Waals surface area contributed by atoms with Crippen molar-refractivity contribution in [2.75, 3.05) is 39.5 Å². The number of hydrogen-bond acceptors (Lipinski definition) is 3. The maximum Gasteiger partial charge on any atom is 0.122 e. The number of aryl methyl sites for hydroxylation is 1. The average Bonchev–Trinajstić information content (AvgIpc) is 2.33. The molecule has 3 nitrogen and oxygen atoms in total. The van der Waals surface area contributed by atoms with Crippen LogP contribution in [0.25, 0.3) is 0 Å². The van der Waals surface area contributed by atoms with Crippen LogP contribution in [0.1, 0.15) is 5.56 Å². The highest BCUT2D eigenvalue weighted by molar-refractivity contribution is 9.10. The van der Waals surface area contributed by atoms with Gasteiger partial charge in [-0.1, -0.05) is 15.9 Å². The van der Waals surface area contributed by atoms with Crippen molar-refractivity contribution in [1.29, 1.82) is 0 Å². The summed E-state index contributed by atoms with van der Waals surface area (Å²) in [5.74, 6) is 0.974. The summed E-state index contributed by atoms with van der Waals surface area (Å²) in [6.07, 6.45) is 0. The number of nitrogens with zero attached hydrogens (tertiary/aromatic N) is 1. The topological polar surface area (TPSA) is 21.7 Å². The molecule has 0 atom stereocenters. The Balaban J connectivity index is 0.00000162. The molecule has 1 aromatic rings. The molecule has 2 rings (SSSR count). The summed E-state index contributed by atoms with van der Waals surface area (Å²) >= 11 is 3.45. The average molecular weight is 381 g/mol. The smallest absolute Gasteiger partial charge is 0.122 e. The van der Waals surface area contributed by atoms with Crippen LogP contribution in [0.5, 0.6) is 5.75 Å². The van der Waals surface area contributed by atoms with Crippen LogP contribution in [0.15, 0.2) is 22.7 Å². The lowest BCUT2D eigenvalue weighted by molar-refractivity contribution is 0.0322. The second-order valence-corrected chi connectivity index (χ2v) is 5.13. The zero-order valence-electron chi connectivity index (χ0n) is 10.5. The van der Waals surface area contributed by atoms with Gasteiger partial charge in [0.2, 0.25) is 0 Å². The molecular weight excluding hydrogens is 362 g/mol. The molecule has 0 N–H and O–H groups in total. The van der Waals surface area contributed by atoms with E-state index in [-0.39, 0.29) is 17.0 Å². The van der Waals surface area contributed by atoms with E-state index in [1.54, 1.807) is 0 Å². The van der Waals surface area contributed by atoms with Gasteiger partial charge in [-0.2, -0.15) is 0 Å². The highest BCUT2D eigenvalue weighted by Gasteiger charge is 2.10. The fraction of sp³-hybridized carbons (Fsp3) is 0.538. The van der Waals surface area contributed by atoms with Gasteiger partial charge in [-0.05, 0) is 30.7 Å². The van der Waals surface area contributed by atoms with E-state index in [4.69, 9.17) is 9.47 Å². The first-order valence-electron chi connectivity index (χ1n) is 5.95. The summed E-state index contributed by atoms with van der Waals surface area (Å²) < 4.78 is 12.2. The molecule has 0 radical (unpaired) electrons. The fourth-order valence-electron chi connectivity index (χ4n) is 1.88. The number of benzene rings is 1. The Kier molecular flexibility index (Phi) is 7.22. The third-order valence-corrected chi connectivity index (χ3v) is 3.40. The molecule has 0 spiro atoms. The molecule has 1 fully saturated rings. The summed E-state index contributed by atoms with van der Waals surface area (Å²) in [5.41, 5.74) is 1.17. The van der Waals surface area contributed by atoms with Gasteiger partial charge in [0.1, 0.15) is 12.4 Å². The van der Waals surface area contributed by atoms with Crippen LogP contribution in [0.2, 0.25) is 0 Å². The van der Waals surface area contributed by atoms with E-state index in [0.717, 1.165) is 49.7 Å². The Bertz CT molecular complexity index is 368. The van der Waals surface area contributed by atoms with Crippen molar-refractivity contribution < 1.29 is 9.47 Å². The normalized spacial score (nSPS) is 16.1. The maximum absolute atomic E-state index is 5.79. The van der Waals surface area contributed by atoms with Gasteiger partial charge in [0.05, 0.1) is 13.2 Å². The van der Waals surface area contributed by atoms with E-state index in [0.29, 0.717) is 0 Å². The van der Waals surface area contributed by atoms with Gasteiger partial charge in [0.25, 0.3) is 0 Å². The summed E-state index contributed by atoms with van der Waals surface area (Å²) in [5, 5.41) is 0. The van der Waals surface area contributed by atoms with Crippen molar-refractivity contribution in [2.45, 2.75) is 6.92 Å². The summed E-state index contributed by atoms with van der Waals surface area (Å²) in [6.45, 7) is 7.50. The van der Waals surface area contributed by atoms with Gasteiger partial charge in [0, 0.05) is 24.1 Å². The predicted octanol–water partition coefficient (Wildman–Crippen LogP) is 3.05. The lowest BCUT2D eigenvalue weighted by Crippen LogP contribution is -2.38. The zero-order valence-corrected chi connectivity index (χ0v) is 13.8. The van der Waals surface area contributed by atoms with Crippen LogP contribution >= 0.6 is 32.9 Å². The predicted molar refractivity (Wildman–Crippen MR) is 82.0 cm³/mol. The first-order valence-corrected chi connectivity index (χ1v) is 6.74. The molecule has 0 amide bonds. The van der Waals surface area contributed by atoms with E-state index in [1.807, 2.05) is 12.1 Å². The Morgan fingerprint density at radius 2 is 2.06 bits per heavy atom. The molecule has 18 heavy (non-hydrogen) atoms. The molecule has 1 aromatic carbocycles.